The Balaban J connectivity index is 0.000000299. The van der Waals surface area contributed by atoms with Crippen molar-refractivity contribution in [2.45, 2.75) is 152 Å². The largest absolute Gasteiger partial charge is 0.439 e. The molecule has 4 atom stereocenters. The van der Waals surface area contributed by atoms with Crippen molar-refractivity contribution in [3.05, 3.63) is 41.1 Å². The number of aryl methyl sites for hydroxylation is 1. The van der Waals surface area contributed by atoms with Gasteiger partial charge in [0.05, 0.1) is 5.56 Å². The normalized spacial score (nSPS) is 18.0. The summed E-state index contributed by atoms with van der Waals surface area (Å²) in [6.07, 6.45) is 21.2. The lowest BCUT2D eigenvalue weighted by Gasteiger charge is -2.35. The highest BCUT2D eigenvalue weighted by Gasteiger charge is 2.28. The van der Waals surface area contributed by atoms with Gasteiger partial charge in [0.15, 0.2) is 0 Å². The molecular formula is C41H68FN3O2S. The number of halogens is 1. The molecule has 0 bridgehead atoms. The smallest absolute Gasteiger partial charge is 0.259 e. The number of hydrogen-bond acceptors (Lipinski definition) is 6. The Bertz CT molecular complexity index is 1180. The number of aldehydes is 1. The van der Waals surface area contributed by atoms with Crippen LogP contribution in [0.25, 0.3) is 10.6 Å². The van der Waals surface area contributed by atoms with Crippen LogP contribution in [-0.2, 0) is 11.2 Å². The van der Waals surface area contributed by atoms with Crippen molar-refractivity contribution in [3.63, 3.8) is 0 Å². The molecule has 272 valence electrons. The van der Waals surface area contributed by atoms with Crippen LogP contribution in [0.3, 0.4) is 0 Å². The first kappa shape index (κ1) is 42.0. The Hall–Kier alpha value is -2.12. The summed E-state index contributed by atoms with van der Waals surface area (Å²) in [5.41, 5.74) is 2.44. The van der Waals surface area contributed by atoms with Gasteiger partial charge in [0.25, 0.3) is 6.36 Å². The van der Waals surface area contributed by atoms with E-state index in [1.807, 2.05) is 12.4 Å². The highest BCUT2D eigenvalue weighted by molar-refractivity contribution is 7.15. The summed E-state index contributed by atoms with van der Waals surface area (Å²) >= 11 is 1.61. The third-order valence-electron chi connectivity index (χ3n) is 10.2. The van der Waals surface area contributed by atoms with Crippen molar-refractivity contribution in [2.75, 3.05) is 13.1 Å². The fraction of sp³-hybridized carbons (Fsp3) is 0.732. The zero-order valence-corrected chi connectivity index (χ0v) is 32.6. The number of piperidine rings is 1. The van der Waals surface area contributed by atoms with E-state index in [-0.39, 0.29) is 0 Å². The molecule has 0 aromatic carbocycles. The van der Waals surface area contributed by atoms with Crippen LogP contribution in [0.4, 0.5) is 4.39 Å². The fourth-order valence-corrected chi connectivity index (χ4v) is 7.18. The number of allylic oxidation sites excluding steroid dienone is 1. The summed E-state index contributed by atoms with van der Waals surface area (Å²) in [7, 11) is 0. The number of nitrogens with zero attached hydrogens (tertiary/aromatic N) is 2. The maximum absolute atomic E-state index is 13.9. The number of aromatic nitrogens is 2. The standard InChI is InChI=1S/C19H24FN3OS.C17H36.C5H8O/c1-3-5-17(20)24-18-16(19-23-12-15(4-2)25-19)10-14(11-22-18)13-6-8-21-9-7-13;1-8-11-15(10-3)13-16(17(5,6)7)12-14(4)9-2;6-4-5-2-1-3-5/h3,5,10-13,17,21H,4,6-9H2,1-2H3;14-16H,8-13H2,1-7H3;4-5H,1-3H2. The lowest BCUT2D eigenvalue weighted by molar-refractivity contribution is -0.113. The average molecular weight is 686 g/mol. The van der Waals surface area contributed by atoms with E-state index in [2.05, 4.69) is 76.7 Å². The second kappa shape index (κ2) is 22.6. The minimum absolute atomic E-state index is 0.306. The maximum Gasteiger partial charge on any atom is 0.259 e. The number of ether oxygens (including phenoxy) is 1. The number of rotatable bonds is 15. The van der Waals surface area contributed by atoms with E-state index in [1.165, 1.54) is 61.5 Å². The molecule has 0 radical (unpaired) electrons. The molecule has 2 aromatic rings. The van der Waals surface area contributed by atoms with Gasteiger partial charge in [-0.3, -0.25) is 0 Å². The van der Waals surface area contributed by atoms with Gasteiger partial charge in [0.1, 0.15) is 11.3 Å². The Morgan fingerprint density at radius 1 is 1.04 bits per heavy atom. The molecule has 2 fully saturated rings. The molecule has 3 heterocycles. The summed E-state index contributed by atoms with van der Waals surface area (Å²) < 4.78 is 19.4. The Labute approximate surface area is 297 Å². The molecule has 4 unspecified atom stereocenters. The number of carbonyl (C=O) groups is 1. The Kier molecular flexibility index (Phi) is 19.8. The second-order valence-corrected chi connectivity index (χ2v) is 16.2. The zero-order chi connectivity index (χ0) is 35.5. The molecule has 48 heavy (non-hydrogen) atoms. The molecule has 0 amide bonds. The minimum Gasteiger partial charge on any atom is -0.439 e. The van der Waals surface area contributed by atoms with E-state index < -0.39 is 6.36 Å². The van der Waals surface area contributed by atoms with Gasteiger partial charge in [0, 0.05) is 23.2 Å². The van der Waals surface area contributed by atoms with E-state index in [4.69, 9.17) is 4.74 Å². The van der Waals surface area contributed by atoms with Crippen LogP contribution < -0.4 is 10.1 Å². The summed E-state index contributed by atoms with van der Waals surface area (Å²) in [6.45, 7) is 22.6. The van der Waals surface area contributed by atoms with E-state index in [0.717, 1.165) is 79.8 Å². The molecule has 1 N–H and O–H groups in total. The molecular weight excluding hydrogens is 618 g/mol. The van der Waals surface area contributed by atoms with E-state index in [1.54, 1.807) is 24.3 Å². The van der Waals surface area contributed by atoms with E-state index in [9.17, 15) is 9.18 Å². The number of hydrogen-bond donors (Lipinski definition) is 1. The van der Waals surface area contributed by atoms with E-state index >= 15 is 0 Å². The zero-order valence-electron chi connectivity index (χ0n) is 31.8. The fourth-order valence-electron chi connectivity index (χ4n) is 6.32. The highest BCUT2D eigenvalue weighted by atomic mass is 32.1. The molecule has 4 rings (SSSR count). The predicted octanol–water partition coefficient (Wildman–Crippen LogP) is 11.8. The topological polar surface area (TPSA) is 64.1 Å². The summed E-state index contributed by atoms with van der Waals surface area (Å²) in [6, 6.07) is 2.08. The highest BCUT2D eigenvalue weighted by Crippen LogP contribution is 2.39. The van der Waals surface area contributed by atoms with E-state index in [0.29, 0.717) is 23.1 Å². The molecule has 1 aliphatic heterocycles. The molecule has 5 nitrogen and oxygen atoms in total. The van der Waals surface area contributed by atoms with Crippen molar-refractivity contribution in [1.29, 1.82) is 0 Å². The second-order valence-electron chi connectivity index (χ2n) is 15.1. The van der Waals surface area contributed by atoms with Crippen LogP contribution in [0.2, 0.25) is 0 Å². The van der Waals surface area contributed by atoms with Gasteiger partial charge in [0.2, 0.25) is 5.88 Å². The quantitative estimate of drug-likeness (QED) is 0.149. The third kappa shape index (κ3) is 14.8. The number of nitrogens with one attached hydrogen (secondary N) is 1. The first-order chi connectivity index (χ1) is 23.0. The van der Waals surface area contributed by atoms with Crippen molar-refractivity contribution < 1.29 is 13.9 Å². The number of alkyl halides is 1. The summed E-state index contributed by atoms with van der Waals surface area (Å²) in [5, 5.41) is 4.22. The van der Waals surface area contributed by atoms with Gasteiger partial charge < -0.3 is 14.8 Å². The monoisotopic (exact) mass is 686 g/mol. The minimum atomic E-state index is -1.51. The maximum atomic E-state index is 13.9. The molecule has 1 aliphatic carbocycles. The predicted molar refractivity (Wildman–Crippen MR) is 204 cm³/mol. The van der Waals surface area contributed by atoms with Gasteiger partial charge in [-0.15, -0.1) is 11.3 Å². The van der Waals surface area contributed by atoms with Crippen molar-refractivity contribution in [1.82, 2.24) is 15.3 Å². The Morgan fingerprint density at radius 2 is 1.75 bits per heavy atom. The van der Waals surface area contributed by atoms with Crippen LogP contribution in [0.15, 0.2) is 30.6 Å². The van der Waals surface area contributed by atoms with Crippen molar-refractivity contribution in [3.8, 4) is 16.5 Å². The summed E-state index contributed by atoms with van der Waals surface area (Å²) in [4.78, 5) is 19.9. The van der Waals surface area contributed by atoms with Crippen molar-refractivity contribution >= 4 is 17.6 Å². The molecule has 0 spiro atoms. The van der Waals surface area contributed by atoms with Gasteiger partial charge in [-0.25, -0.2) is 9.97 Å². The molecule has 2 aliphatic rings. The van der Waals surface area contributed by atoms with Crippen LogP contribution in [-0.4, -0.2) is 35.7 Å². The number of carbonyl (C=O) groups excluding carboxylic acids is 1. The van der Waals surface area contributed by atoms with Crippen LogP contribution >= 0.6 is 11.3 Å². The lowest BCUT2D eigenvalue weighted by atomic mass is 9.70. The van der Waals surface area contributed by atoms with Crippen LogP contribution in [0, 0.1) is 29.1 Å². The van der Waals surface area contributed by atoms with Gasteiger partial charge >= 0.3 is 0 Å². The van der Waals surface area contributed by atoms with Gasteiger partial charge in [-0.2, -0.15) is 4.39 Å². The van der Waals surface area contributed by atoms with Crippen LogP contribution in [0.1, 0.15) is 149 Å². The number of thiazole rings is 1. The number of pyridine rings is 1. The van der Waals surface area contributed by atoms with Crippen LogP contribution in [0.5, 0.6) is 5.88 Å². The average Bonchev–Trinajstić information content (AvgIpc) is 3.54. The lowest BCUT2D eigenvalue weighted by Crippen LogP contribution is -2.26. The Morgan fingerprint density at radius 3 is 2.23 bits per heavy atom. The van der Waals surface area contributed by atoms with Crippen molar-refractivity contribution in [2.24, 2.45) is 29.1 Å². The van der Waals surface area contributed by atoms with Gasteiger partial charge in [-0.1, -0.05) is 93.6 Å². The third-order valence-corrected chi connectivity index (χ3v) is 11.4. The molecule has 7 heteroatoms. The molecule has 2 aromatic heterocycles. The first-order valence-corrected chi connectivity index (χ1v) is 19.8. The first-order valence-electron chi connectivity index (χ1n) is 19.0. The molecule has 1 saturated heterocycles. The molecule has 1 saturated carbocycles. The SMILES string of the molecule is CC=CC(F)Oc1ncc(C2CCNCC2)cc1-c1ncc(CC)s1.CCCC(CC)CC(CC(C)CC)C(C)(C)C.O=CC1CCC1. The summed E-state index contributed by atoms with van der Waals surface area (Å²) in [5.74, 6) is 3.95. The van der Waals surface area contributed by atoms with Gasteiger partial charge in [-0.05, 0) is 112 Å².